The molecule has 0 bridgehead atoms. The van der Waals surface area contributed by atoms with Gasteiger partial charge in [0.1, 0.15) is 0 Å². The average Bonchev–Trinajstić information content (AvgIpc) is 2.48. The van der Waals surface area contributed by atoms with Gasteiger partial charge in [-0.25, -0.2) is 0 Å². The molecule has 0 spiro atoms. The van der Waals surface area contributed by atoms with E-state index in [0.29, 0.717) is 6.04 Å². The number of nitrogens with zero attached hydrogens (tertiary/aromatic N) is 1. The number of likely N-dealkylation sites (tertiary alicyclic amines) is 1. The minimum atomic E-state index is 0.530. The van der Waals surface area contributed by atoms with Crippen molar-refractivity contribution in [2.45, 2.75) is 38.3 Å². The van der Waals surface area contributed by atoms with Gasteiger partial charge < -0.3 is 10.6 Å². The van der Waals surface area contributed by atoms with Crippen LogP contribution < -0.4 is 5.73 Å². The molecule has 0 unspecified atom stereocenters. The van der Waals surface area contributed by atoms with Crippen LogP contribution in [-0.2, 0) is 0 Å². The van der Waals surface area contributed by atoms with Crippen LogP contribution in [0.1, 0.15) is 26.2 Å². The summed E-state index contributed by atoms with van der Waals surface area (Å²) in [7, 11) is 0. The van der Waals surface area contributed by atoms with Crippen molar-refractivity contribution >= 4 is 0 Å². The molecule has 2 fully saturated rings. The molecular weight excluding hydrogens is 136 g/mol. The standard InChI is InChI=1S/C9H18N2/c1-7-3-2-4-11(7)6-8-5-9(8)10/h7-9H,2-6,10H2,1H3/t7-,8-,9+/m0/s1. The van der Waals surface area contributed by atoms with Gasteiger partial charge in [0.05, 0.1) is 0 Å². The predicted molar refractivity (Wildman–Crippen MR) is 46.4 cm³/mol. The molecule has 2 rings (SSSR count). The van der Waals surface area contributed by atoms with Crippen LogP contribution in [-0.4, -0.2) is 30.1 Å². The first-order chi connectivity index (χ1) is 5.27. The first-order valence-corrected chi connectivity index (χ1v) is 4.77. The van der Waals surface area contributed by atoms with E-state index in [1.165, 1.54) is 32.4 Å². The summed E-state index contributed by atoms with van der Waals surface area (Å²) in [6, 6.07) is 1.35. The van der Waals surface area contributed by atoms with Gasteiger partial charge >= 0.3 is 0 Å². The summed E-state index contributed by atoms with van der Waals surface area (Å²) >= 11 is 0. The second kappa shape index (κ2) is 2.76. The third-order valence-corrected chi connectivity index (χ3v) is 3.14. The highest BCUT2D eigenvalue weighted by molar-refractivity contribution is 4.93. The highest BCUT2D eigenvalue weighted by atomic mass is 15.2. The highest BCUT2D eigenvalue weighted by Crippen LogP contribution is 2.31. The maximum Gasteiger partial charge on any atom is 0.00836 e. The zero-order valence-electron chi connectivity index (χ0n) is 7.29. The van der Waals surface area contributed by atoms with E-state index in [2.05, 4.69) is 11.8 Å². The second-order valence-electron chi connectivity index (χ2n) is 4.15. The third-order valence-electron chi connectivity index (χ3n) is 3.14. The summed E-state index contributed by atoms with van der Waals surface area (Å²) in [4.78, 5) is 2.59. The SMILES string of the molecule is C[C@H]1CCCN1C[C@@H]1C[C@H]1N. The van der Waals surface area contributed by atoms with Crippen LogP contribution in [0, 0.1) is 5.92 Å². The van der Waals surface area contributed by atoms with Crippen molar-refractivity contribution in [3.05, 3.63) is 0 Å². The first-order valence-electron chi connectivity index (χ1n) is 4.77. The summed E-state index contributed by atoms with van der Waals surface area (Å²) < 4.78 is 0. The molecular formula is C9H18N2. The van der Waals surface area contributed by atoms with E-state index in [-0.39, 0.29) is 0 Å². The predicted octanol–water partition coefficient (Wildman–Crippen LogP) is 0.818. The van der Waals surface area contributed by atoms with E-state index in [9.17, 15) is 0 Å². The highest BCUT2D eigenvalue weighted by Gasteiger charge is 2.36. The fraction of sp³-hybridized carbons (Fsp3) is 1.00. The van der Waals surface area contributed by atoms with Crippen molar-refractivity contribution in [3.63, 3.8) is 0 Å². The molecule has 1 heterocycles. The summed E-state index contributed by atoms with van der Waals surface area (Å²) in [5.41, 5.74) is 5.76. The first kappa shape index (κ1) is 7.56. The summed E-state index contributed by atoms with van der Waals surface area (Å²) in [6.07, 6.45) is 4.05. The lowest BCUT2D eigenvalue weighted by molar-refractivity contribution is 0.256. The quantitative estimate of drug-likeness (QED) is 0.638. The van der Waals surface area contributed by atoms with Gasteiger partial charge in [-0.1, -0.05) is 0 Å². The largest absolute Gasteiger partial charge is 0.327 e. The Labute approximate surface area is 68.7 Å². The van der Waals surface area contributed by atoms with E-state index < -0.39 is 0 Å². The lowest BCUT2D eigenvalue weighted by Crippen LogP contribution is -2.30. The molecule has 1 aliphatic heterocycles. The molecule has 0 aromatic heterocycles. The average molecular weight is 154 g/mol. The molecule has 0 aromatic carbocycles. The van der Waals surface area contributed by atoms with Gasteiger partial charge in [0.15, 0.2) is 0 Å². The van der Waals surface area contributed by atoms with Crippen molar-refractivity contribution in [2.75, 3.05) is 13.1 Å². The lowest BCUT2D eigenvalue weighted by atomic mass is 10.2. The van der Waals surface area contributed by atoms with Crippen LogP contribution in [0.15, 0.2) is 0 Å². The van der Waals surface area contributed by atoms with Crippen LogP contribution in [0.3, 0.4) is 0 Å². The molecule has 1 aliphatic carbocycles. The number of rotatable bonds is 2. The minimum absolute atomic E-state index is 0.530. The van der Waals surface area contributed by atoms with Gasteiger partial charge in [-0.15, -0.1) is 0 Å². The van der Waals surface area contributed by atoms with Crippen LogP contribution >= 0.6 is 0 Å². The molecule has 1 saturated heterocycles. The van der Waals surface area contributed by atoms with Crippen molar-refractivity contribution < 1.29 is 0 Å². The molecule has 1 saturated carbocycles. The van der Waals surface area contributed by atoms with Crippen LogP contribution in [0.2, 0.25) is 0 Å². The van der Waals surface area contributed by atoms with Gasteiger partial charge in [-0.3, -0.25) is 0 Å². The van der Waals surface area contributed by atoms with Gasteiger partial charge in [0.25, 0.3) is 0 Å². The van der Waals surface area contributed by atoms with Crippen molar-refractivity contribution in [1.82, 2.24) is 4.90 Å². The summed E-state index contributed by atoms with van der Waals surface area (Å²) in [6.45, 7) is 4.91. The van der Waals surface area contributed by atoms with E-state index in [0.717, 1.165) is 12.0 Å². The van der Waals surface area contributed by atoms with E-state index >= 15 is 0 Å². The van der Waals surface area contributed by atoms with Gasteiger partial charge in [0, 0.05) is 18.6 Å². The molecule has 2 heteroatoms. The minimum Gasteiger partial charge on any atom is -0.327 e. The number of hydrogen-bond donors (Lipinski definition) is 1. The lowest BCUT2D eigenvalue weighted by Gasteiger charge is -2.20. The third kappa shape index (κ3) is 1.57. The van der Waals surface area contributed by atoms with Crippen LogP contribution in [0.25, 0.3) is 0 Å². The number of nitrogens with two attached hydrogens (primary N) is 1. The zero-order valence-corrected chi connectivity index (χ0v) is 7.29. The zero-order chi connectivity index (χ0) is 7.84. The molecule has 2 N–H and O–H groups in total. The summed E-state index contributed by atoms with van der Waals surface area (Å²) in [5, 5.41) is 0. The molecule has 2 nitrogen and oxygen atoms in total. The van der Waals surface area contributed by atoms with E-state index in [1.807, 2.05) is 0 Å². The van der Waals surface area contributed by atoms with Crippen molar-refractivity contribution in [1.29, 1.82) is 0 Å². The molecule has 0 aromatic rings. The molecule has 2 aliphatic rings. The number of hydrogen-bond acceptors (Lipinski definition) is 2. The molecule has 3 atom stereocenters. The monoisotopic (exact) mass is 154 g/mol. The molecule has 64 valence electrons. The van der Waals surface area contributed by atoms with Crippen LogP contribution in [0.4, 0.5) is 0 Å². The Morgan fingerprint density at radius 3 is 2.73 bits per heavy atom. The molecule has 0 radical (unpaired) electrons. The Balaban J connectivity index is 1.77. The van der Waals surface area contributed by atoms with Gasteiger partial charge in [-0.05, 0) is 38.6 Å². The van der Waals surface area contributed by atoms with E-state index in [4.69, 9.17) is 5.73 Å². The molecule has 11 heavy (non-hydrogen) atoms. The second-order valence-corrected chi connectivity index (χ2v) is 4.15. The Bertz CT molecular complexity index is 146. The Kier molecular flexibility index (Phi) is 1.90. The topological polar surface area (TPSA) is 29.3 Å². The summed E-state index contributed by atoms with van der Waals surface area (Å²) in [5.74, 6) is 0.829. The Hall–Kier alpha value is -0.0800. The Morgan fingerprint density at radius 2 is 2.27 bits per heavy atom. The fourth-order valence-electron chi connectivity index (χ4n) is 2.05. The Morgan fingerprint density at radius 1 is 1.55 bits per heavy atom. The van der Waals surface area contributed by atoms with Gasteiger partial charge in [-0.2, -0.15) is 0 Å². The maximum absolute atomic E-state index is 5.76. The van der Waals surface area contributed by atoms with Crippen molar-refractivity contribution in [2.24, 2.45) is 11.7 Å². The van der Waals surface area contributed by atoms with Crippen LogP contribution in [0.5, 0.6) is 0 Å². The fourth-order valence-corrected chi connectivity index (χ4v) is 2.05. The smallest absolute Gasteiger partial charge is 0.00836 e. The normalized spacial score (nSPS) is 44.7. The van der Waals surface area contributed by atoms with E-state index in [1.54, 1.807) is 0 Å². The molecule has 0 amide bonds. The maximum atomic E-state index is 5.76. The van der Waals surface area contributed by atoms with Gasteiger partial charge in [0.2, 0.25) is 0 Å². The van der Waals surface area contributed by atoms with Crippen molar-refractivity contribution in [3.8, 4) is 0 Å².